The second-order valence-corrected chi connectivity index (χ2v) is 5.46. The van der Waals surface area contributed by atoms with Crippen molar-refractivity contribution in [3.63, 3.8) is 0 Å². The van der Waals surface area contributed by atoms with E-state index < -0.39 is 18.4 Å². The molecule has 0 aliphatic heterocycles. The maximum absolute atomic E-state index is 11.6. The fourth-order valence-corrected chi connectivity index (χ4v) is 2.31. The van der Waals surface area contributed by atoms with E-state index in [4.69, 9.17) is 5.11 Å². The summed E-state index contributed by atoms with van der Waals surface area (Å²) in [5.74, 6) is -0.382. The van der Waals surface area contributed by atoms with Gasteiger partial charge in [-0.25, -0.2) is 4.79 Å². The van der Waals surface area contributed by atoms with Crippen molar-refractivity contribution < 1.29 is 19.5 Å². The number of nitrogens with one attached hydrogen (secondary N) is 3. The maximum atomic E-state index is 11.6. The smallest absolute Gasteiger partial charge is 0.322 e. The predicted octanol–water partition coefficient (Wildman–Crippen LogP) is 0.311. The summed E-state index contributed by atoms with van der Waals surface area (Å²) < 4.78 is 0. The summed E-state index contributed by atoms with van der Waals surface area (Å²) >= 11 is 0. The Morgan fingerprint density at radius 3 is 2.35 bits per heavy atom. The van der Waals surface area contributed by atoms with Gasteiger partial charge in [0.2, 0.25) is 5.91 Å². The molecule has 1 aliphatic carbocycles. The van der Waals surface area contributed by atoms with Crippen LogP contribution in [0.4, 0.5) is 4.79 Å². The quantitative estimate of drug-likeness (QED) is 0.583. The Morgan fingerprint density at radius 1 is 1.05 bits per heavy atom. The van der Waals surface area contributed by atoms with Crippen LogP contribution in [0, 0.1) is 11.8 Å². The van der Waals surface area contributed by atoms with E-state index in [9.17, 15) is 14.4 Å². The molecular formula is C13H23N3O4. The molecule has 20 heavy (non-hydrogen) atoms. The summed E-state index contributed by atoms with van der Waals surface area (Å²) in [6.07, 6.45) is 2.98. The highest BCUT2D eigenvalue weighted by Gasteiger charge is 2.25. The van der Waals surface area contributed by atoms with E-state index in [-0.39, 0.29) is 18.6 Å². The van der Waals surface area contributed by atoms with Gasteiger partial charge in [-0.3, -0.25) is 9.59 Å². The average molecular weight is 285 g/mol. The molecule has 0 heterocycles. The monoisotopic (exact) mass is 285 g/mol. The fourth-order valence-electron chi connectivity index (χ4n) is 2.31. The first kappa shape index (κ1) is 16.3. The molecule has 0 saturated heterocycles. The van der Waals surface area contributed by atoms with Gasteiger partial charge >= 0.3 is 12.0 Å². The molecule has 1 fully saturated rings. The number of rotatable bonds is 5. The highest BCUT2D eigenvalue weighted by Crippen LogP contribution is 2.29. The van der Waals surface area contributed by atoms with Crippen LogP contribution in [0.5, 0.6) is 0 Å². The normalized spacial score (nSPS) is 25.6. The van der Waals surface area contributed by atoms with Crippen LogP contribution in [-0.4, -0.2) is 42.1 Å². The van der Waals surface area contributed by atoms with Crippen molar-refractivity contribution in [3.8, 4) is 0 Å². The molecule has 3 atom stereocenters. The first-order chi connectivity index (χ1) is 9.38. The molecule has 1 aliphatic rings. The van der Waals surface area contributed by atoms with E-state index in [0.29, 0.717) is 11.8 Å². The Balaban J connectivity index is 2.20. The van der Waals surface area contributed by atoms with Crippen molar-refractivity contribution in [2.75, 3.05) is 13.1 Å². The Labute approximate surface area is 118 Å². The molecule has 0 aromatic heterocycles. The van der Waals surface area contributed by atoms with Crippen LogP contribution in [0.25, 0.3) is 0 Å². The first-order valence-corrected chi connectivity index (χ1v) is 6.91. The molecule has 4 N–H and O–H groups in total. The van der Waals surface area contributed by atoms with Gasteiger partial charge in [-0.05, 0) is 31.1 Å². The zero-order valence-electron chi connectivity index (χ0n) is 11.9. The summed E-state index contributed by atoms with van der Waals surface area (Å²) in [6.45, 7) is 3.72. The molecule has 3 unspecified atom stereocenters. The summed E-state index contributed by atoms with van der Waals surface area (Å²) in [7, 11) is 0. The Bertz CT molecular complexity index is 373. The van der Waals surface area contributed by atoms with Crippen LogP contribution in [0.1, 0.15) is 33.1 Å². The van der Waals surface area contributed by atoms with E-state index in [1.54, 1.807) is 0 Å². The number of carbonyl (C=O) groups excluding carboxylic acids is 2. The average Bonchev–Trinajstić information content (AvgIpc) is 2.38. The lowest BCUT2D eigenvalue weighted by Gasteiger charge is -2.32. The van der Waals surface area contributed by atoms with E-state index in [1.807, 2.05) is 0 Å². The van der Waals surface area contributed by atoms with Crippen molar-refractivity contribution in [2.24, 2.45) is 11.8 Å². The molecule has 3 amide bonds. The third-order valence-corrected chi connectivity index (χ3v) is 3.78. The maximum Gasteiger partial charge on any atom is 0.322 e. The third-order valence-electron chi connectivity index (χ3n) is 3.78. The van der Waals surface area contributed by atoms with Gasteiger partial charge in [-0.2, -0.15) is 0 Å². The van der Waals surface area contributed by atoms with Crippen LogP contribution in [-0.2, 0) is 9.59 Å². The lowest BCUT2D eigenvalue weighted by Crippen LogP contribution is -2.47. The van der Waals surface area contributed by atoms with E-state index >= 15 is 0 Å². The molecule has 0 aromatic rings. The summed E-state index contributed by atoms with van der Waals surface area (Å²) in [6, 6.07) is -0.245. The number of aliphatic carboxylic acids is 1. The van der Waals surface area contributed by atoms with Crippen LogP contribution in [0.2, 0.25) is 0 Å². The number of urea groups is 1. The van der Waals surface area contributed by atoms with Gasteiger partial charge in [0, 0.05) is 6.04 Å². The minimum Gasteiger partial charge on any atom is -0.480 e. The molecule has 0 spiro atoms. The van der Waals surface area contributed by atoms with Crippen molar-refractivity contribution in [1.82, 2.24) is 16.0 Å². The highest BCUT2D eigenvalue weighted by molar-refractivity contribution is 5.86. The number of amides is 3. The van der Waals surface area contributed by atoms with E-state index in [0.717, 1.165) is 19.3 Å². The Kier molecular flexibility index (Phi) is 6.27. The molecule has 1 saturated carbocycles. The molecular weight excluding hydrogens is 262 g/mol. The van der Waals surface area contributed by atoms with Gasteiger partial charge in [0.1, 0.15) is 6.54 Å². The van der Waals surface area contributed by atoms with Crippen LogP contribution in [0.3, 0.4) is 0 Å². The first-order valence-electron chi connectivity index (χ1n) is 6.91. The second kappa shape index (κ2) is 7.72. The van der Waals surface area contributed by atoms with Crippen LogP contribution >= 0.6 is 0 Å². The summed E-state index contributed by atoms with van der Waals surface area (Å²) in [4.78, 5) is 33.1. The highest BCUT2D eigenvalue weighted by atomic mass is 16.4. The molecule has 7 nitrogen and oxygen atoms in total. The minimum atomic E-state index is -1.12. The van der Waals surface area contributed by atoms with Crippen molar-refractivity contribution in [2.45, 2.75) is 39.2 Å². The third kappa shape index (κ3) is 5.90. The molecule has 0 aromatic carbocycles. The van der Waals surface area contributed by atoms with Crippen molar-refractivity contribution in [1.29, 1.82) is 0 Å². The summed E-state index contributed by atoms with van der Waals surface area (Å²) in [5.41, 5.74) is 0. The Morgan fingerprint density at radius 2 is 1.75 bits per heavy atom. The molecule has 1 rings (SSSR count). The Hall–Kier alpha value is -1.79. The SMILES string of the molecule is CC1CCC(NC(=O)NCC(=O)NCC(=O)O)CC1C. The number of carbonyl (C=O) groups is 3. The minimum absolute atomic E-state index is 0.142. The second-order valence-electron chi connectivity index (χ2n) is 5.46. The molecule has 114 valence electrons. The largest absolute Gasteiger partial charge is 0.480 e. The van der Waals surface area contributed by atoms with Crippen molar-refractivity contribution in [3.05, 3.63) is 0 Å². The molecule has 0 bridgehead atoms. The van der Waals surface area contributed by atoms with E-state index in [2.05, 4.69) is 29.8 Å². The number of hydrogen-bond donors (Lipinski definition) is 4. The van der Waals surface area contributed by atoms with Crippen LogP contribution in [0.15, 0.2) is 0 Å². The van der Waals surface area contributed by atoms with Crippen molar-refractivity contribution >= 4 is 17.9 Å². The predicted molar refractivity (Wildman–Crippen MR) is 73.1 cm³/mol. The topological polar surface area (TPSA) is 108 Å². The zero-order valence-corrected chi connectivity index (χ0v) is 11.9. The van der Waals surface area contributed by atoms with Gasteiger partial charge in [0.25, 0.3) is 0 Å². The summed E-state index contributed by atoms with van der Waals surface area (Å²) in [5, 5.41) is 15.8. The van der Waals surface area contributed by atoms with Gasteiger partial charge < -0.3 is 21.1 Å². The van der Waals surface area contributed by atoms with Gasteiger partial charge in [-0.15, -0.1) is 0 Å². The number of hydrogen-bond acceptors (Lipinski definition) is 3. The lowest BCUT2D eigenvalue weighted by molar-refractivity contribution is -0.137. The van der Waals surface area contributed by atoms with Gasteiger partial charge in [0.05, 0.1) is 6.54 Å². The van der Waals surface area contributed by atoms with Crippen LogP contribution < -0.4 is 16.0 Å². The van der Waals surface area contributed by atoms with Gasteiger partial charge in [-0.1, -0.05) is 13.8 Å². The zero-order chi connectivity index (χ0) is 15.1. The lowest BCUT2D eigenvalue weighted by atomic mass is 9.79. The molecule has 0 radical (unpaired) electrons. The molecule has 7 heteroatoms. The fraction of sp³-hybridized carbons (Fsp3) is 0.769. The standard InChI is InChI=1S/C13H23N3O4/c1-8-3-4-10(5-9(8)2)16-13(20)15-6-11(17)14-7-12(18)19/h8-10H,3-7H2,1-2H3,(H,14,17)(H,18,19)(H2,15,16,20). The number of carboxylic acid groups (broad SMARTS) is 1. The van der Waals surface area contributed by atoms with Gasteiger partial charge in [0.15, 0.2) is 0 Å². The van der Waals surface area contributed by atoms with E-state index in [1.165, 1.54) is 0 Å². The number of carboxylic acids is 1.